The normalized spacial score (nSPS) is 16.3. The van der Waals surface area contributed by atoms with Crippen LogP contribution < -0.4 is 4.74 Å². The van der Waals surface area contributed by atoms with E-state index in [0.717, 1.165) is 6.07 Å². The van der Waals surface area contributed by atoms with Gasteiger partial charge in [0.2, 0.25) is 0 Å². The number of benzene rings is 1. The Morgan fingerprint density at radius 1 is 0.885 bits per heavy atom. The third-order valence-electron chi connectivity index (χ3n) is 3.54. The van der Waals surface area contributed by atoms with E-state index in [1.807, 2.05) is 0 Å². The van der Waals surface area contributed by atoms with Gasteiger partial charge in [0.15, 0.2) is 0 Å². The van der Waals surface area contributed by atoms with Crippen LogP contribution in [-0.2, 0) is 5.60 Å². The highest BCUT2D eigenvalue weighted by atomic mass is 19.4. The fraction of sp³-hybridized carbons (Fsp3) is 0.600. The zero-order valence-electron chi connectivity index (χ0n) is 13.5. The van der Waals surface area contributed by atoms with Crippen molar-refractivity contribution in [1.29, 1.82) is 0 Å². The van der Waals surface area contributed by atoms with Crippen molar-refractivity contribution in [2.24, 2.45) is 0 Å². The highest BCUT2D eigenvalue weighted by Crippen LogP contribution is 2.55. The molecule has 26 heavy (non-hydrogen) atoms. The van der Waals surface area contributed by atoms with E-state index in [2.05, 4.69) is 0 Å². The molecule has 0 heterocycles. The summed E-state index contributed by atoms with van der Waals surface area (Å²) in [5.74, 6) is -19.9. The molecule has 0 fully saturated rings. The number of rotatable bonds is 7. The highest BCUT2D eigenvalue weighted by Gasteiger charge is 2.82. The van der Waals surface area contributed by atoms with E-state index in [9.17, 15) is 44.6 Å². The molecule has 150 valence electrons. The third kappa shape index (κ3) is 3.86. The zero-order valence-corrected chi connectivity index (χ0v) is 13.5. The standard InChI is InChI=1S/C15H15F9O2/c1-3-26-10-7-5-4-6-9(10)11(2,25)8-12(16,17)13(18,19)14(20,21)15(22,23)24/h4-7,25H,3,8H2,1-2H3. The van der Waals surface area contributed by atoms with Crippen LogP contribution >= 0.6 is 0 Å². The van der Waals surface area contributed by atoms with Gasteiger partial charge in [-0.05, 0) is 19.9 Å². The van der Waals surface area contributed by atoms with Gasteiger partial charge in [0.05, 0.1) is 18.6 Å². The Kier molecular flexibility index (Phi) is 5.87. The number of hydrogen-bond donors (Lipinski definition) is 1. The predicted molar refractivity (Wildman–Crippen MR) is 72.7 cm³/mol. The van der Waals surface area contributed by atoms with Gasteiger partial charge >= 0.3 is 23.9 Å². The fourth-order valence-electron chi connectivity index (χ4n) is 2.24. The average Bonchev–Trinajstić information content (AvgIpc) is 2.45. The fourth-order valence-corrected chi connectivity index (χ4v) is 2.24. The molecule has 0 saturated heterocycles. The highest BCUT2D eigenvalue weighted by molar-refractivity contribution is 5.38. The molecule has 1 rings (SSSR count). The van der Waals surface area contributed by atoms with Crippen molar-refractivity contribution in [3.8, 4) is 5.75 Å². The summed E-state index contributed by atoms with van der Waals surface area (Å²) < 4.78 is 122. The smallest absolute Gasteiger partial charge is 0.460 e. The summed E-state index contributed by atoms with van der Waals surface area (Å²) in [6, 6.07) is 4.76. The van der Waals surface area contributed by atoms with E-state index >= 15 is 0 Å². The number of halogens is 9. The Morgan fingerprint density at radius 2 is 1.38 bits per heavy atom. The molecule has 0 aromatic heterocycles. The molecule has 1 aromatic rings. The van der Waals surface area contributed by atoms with Crippen molar-refractivity contribution in [2.75, 3.05) is 6.61 Å². The van der Waals surface area contributed by atoms with E-state index in [0.29, 0.717) is 6.92 Å². The van der Waals surface area contributed by atoms with Crippen LogP contribution in [0.25, 0.3) is 0 Å². The van der Waals surface area contributed by atoms with E-state index in [4.69, 9.17) is 4.74 Å². The molecular weight excluding hydrogens is 383 g/mol. The first-order valence-electron chi connectivity index (χ1n) is 7.16. The lowest BCUT2D eigenvalue weighted by Gasteiger charge is -2.37. The maximum absolute atomic E-state index is 13.8. The lowest BCUT2D eigenvalue weighted by atomic mass is 9.85. The van der Waals surface area contributed by atoms with E-state index < -0.39 is 41.5 Å². The SMILES string of the molecule is CCOc1ccccc1C(C)(O)CC(F)(F)C(F)(F)C(F)(F)C(F)(F)F. The van der Waals surface area contributed by atoms with Crippen LogP contribution in [0, 0.1) is 0 Å². The van der Waals surface area contributed by atoms with Crippen molar-refractivity contribution >= 4 is 0 Å². The van der Waals surface area contributed by atoms with Crippen LogP contribution in [0.15, 0.2) is 24.3 Å². The number of hydrogen-bond acceptors (Lipinski definition) is 2. The van der Waals surface area contributed by atoms with Gasteiger partial charge in [0, 0.05) is 5.56 Å². The van der Waals surface area contributed by atoms with E-state index in [1.54, 1.807) is 0 Å². The lowest BCUT2D eigenvalue weighted by molar-refractivity contribution is -0.400. The molecule has 1 aromatic carbocycles. The van der Waals surface area contributed by atoms with Crippen molar-refractivity contribution in [2.45, 2.75) is 49.8 Å². The average molecular weight is 398 g/mol. The van der Waals surface area contributed by atoms with Gasteiger partial charge in [0.1, 0.15) is 5.75 Å². The summed E-state index contributed by atoms with van der Waals surface area (Å²) in [6.45, 7) is 2.06. The molecular formula is C15H15F9O2. The Bertz CT molecular complexity index is 624. The second kappa shape index (κ2) is 6.82. The topological polar surface area (TPSA) is 29.5 Å². The van der Waals surface area contributed by atoms with Crippen LogP contribution in [0.4, 0.5) is 39.5 Å². The second-order valence-corrected chi connectivity index (χ2v) is 5.73. The van der Waals surface area contributed by atoms with Gasteiger partial charge < -0.3 is 9.84 Å². The Labute approximate surface area is 142 Å². The minimum Gasteiger partial charge on any atom is -0.493 e. The van der Waals surface area contributed by atoms with Gasteiger partial charge in [-0.3, -0.25) is 0 Å². The molecule has 1 unspecified atom stereocenters. The van der Waals surface area contributed by atoms with Gasteiger partial charge in [-0.25, -0.2) is 0 Å². The largest absolute Gasteiger partial charge is 0.493 e. The number of aliphatic hydroxyl groups is 1. The number of alkyl halides is 9. The molecule has 1 atom stereocenters. The molecule has 11 heteroatoms. The Balaban J connectivity index is 3.30. The molecule has 0 aliphatic carbocycles. The molecule has 0 aliphatic heterocycles. The third-order valence-corrected chi connectivity index (χ3v) is 3.54. The number of para-hydroxylation sites is 1. The Hall–Kier alpha value is -1.65. The van der Waals surface area contributed by atoms with Gasteiger partial charge in [-0.15, -0.1) is 0 Å². The molecule has 0 aliphatic rings. The van der Waals surface area contributed by atoms with E-state index in [1.165, 1.54) is 25.1 Å². The number of ether oxygens (including phenoxy) is 1. The molecule has 0 saturated carbocycles. The quantitative estimate of drug-likeness (QED) is 0.644. The monoisotopic (exact) mass is 398 g/mol. The second-order valence-electron chi connectivity index (χ2n) is 5.73. The molecule has 0 spiro atoms. The first-order chi connectivity index (χ1) is 11.5. The summed E-state index contributed by atoms with van der Waals surface area (Å²) >= 11 is 0. The van der Waals surface area contributed by atoms with Crippen LogP contribution in [0.1, 0.15) is 25.8 Å². The minimum absolute atomic E-state index is 0.00814. The maximum Gasteiger partial charge on any atom is 0.460 e. The summed E-state index contributed by atoms with van der Waals surface area (Å²) in [5, 5.41) is 10.1. The summed E-state index contributed by atoms with van der Waals surface area (Å²) in [7, 11) is 0. The first kappa shape index (κ1) is 22.4. The minimum atomic E-state index is -7.00. The van der Waals surface area contributed by atoms with Crippen LogP contribution in [-0.4, -0.2) is 35.7 Å². The Morgan fingerprint density at radius 3 is 1.85 bits per heavy atom. The van der Waals surface area contributed by atoms with Gasteiger partial charge in [-0.2, -0.15) is 39.5 Å². The maximum atomic E-state index is 13.8. The zero-order chi connectivity index (χ0) is 20.6. The van der Waals surface area contributed by atoms with Crippen molar-refractivity contribution < 1.29 is 49.4 Å². The first-order valence-corrected chi connectivity index (χ1v) is 7.16. The molecule has 0 amide bonds. The van der Waals surface area contributed by atoms with Crippen LogP contribution in [0.5, 0.6) is 5.75 Å². The van der Waals surface area contributed by atoms with Gasteiger partial charge in [0.25, 0.3) is 0 Å². The molecule has 0 bridgehead atoms. The summed E-state index contributed by atoms with van der Waals surface area (Å²) in [4.78, 5) is 0. The van der Waals surface area contributed by atoms with Crippen LogP contribution in [0.2, 0.25) is 0 Å². The van der Waals surface area contributed by atoms with Crippen molar-refractivity contribution in [1.82, 2.24) is 0 Å². The molecule has 1 N–H and O–H groups in total. The van der Waals surface area contributed by atoms with Crippen molar-refractivity contribution in [3.63, 3.8) is 0 Å². The van der Waals surface area contributed by atoms with Gasteiger partial charge in [-0.1, -0.05) is 18.2 Å². The van der Waals surface area contributed by atoms with Crippen molar-refractivity contribution in [3.05, 3.63) is 29.8 Å². The molecule has 0 radical (unpaired) electrons. The van der Waals surface area contributed by atoms with Crippen LogP contribution in [0.3, 0.4) is 0 Å². The predicted octanol–water partition coefficient (Wildman–Crippen LogP) is 5.15. The summed E-state index contributed by atoms with van der Waals surface area (Å²) in [6.07, 6.45) is -9.31. The molecule has 2 nitrogen and oxygen atoms in total. The summed E-state index contributed by atoms with van der Waals surface area (Å²) in [5.41, 5.74) is -3.35. The lowest BCUT2D eigenvalue weighted by Crippen LogP contribution is -2.62. The van der Waals surface area contributed by atoms with E-state index in [-0.39, 0.29) is 12.4 Å².